The first-order valence-electron chi connectivity index (χ1n) is 8.22. The maximum Gasteiger partial charge on any atom is 0.338 e. The molecule has 26 heavy (non-hydrogen) atoms. The Balaban J connectivity index is 2.23. The van der Waals surface area contributed by atoms with Crippen LogP contribution < -0.4 is 4.90 Å². The molecule has 5 nitrogen and oxygen atoms in total. The number of amides is 2. The standard InChI is InChI=1S/C21H19NO4/c1-5-7-14-11-10-12(2)13(3)18(14)22-19(23)15-8-6-9-16(21(25)26-4)17(15)20(22)24/h5-6,8-11H,1,7H2,2-4H3. The summed E-state index contributed by atoms with van der Waals surface area (Å²) in [6.45, 7) is 7.55. The van der Waals surface area contributed by atoms with Crippen molar-refractivity contribution in [1.29, 1.82) is 0 Å². The second kappa shape index (κ2) is 6.59. The van der Waals surface area contributed by atoms with Gasteiger partial charge in [0.2, 0.25) is 0 Å². The Morgan fingerprint density at radius 1 is 1.15 bits per heavy atom. The van der Waals surface area contributed by atoms with Crippen molar-refractivity contribution < 1.29 is 19.1 Å². The molecule has 3 rings (SSSR count). The zero-order valence-corrected chi connectivity index (χ0v) is 15.0. The van der Waals surface area contributed by atoms with Crippen molar-refractivity contribution in [2.24, 2.45) is 0 Å². The molecular formula is C21H19NO4. The van der Waals surface area contributed by atoms with Crippen molar-refractivity contribution in [1.82, 2.24) is 0 Å². The second-order valence-corrected chi connectivity index (χ2v) is 6.17. The molecule has 1 aliphatic rings. The third-order valence-electron chi connectivity index (χ3n) is 4.69. The highest BCUT2D eigenvalue weighted by atomic mass is 16.5. The van der Waals surface area contributed by atoms with Gasteiger partial charge in [0, 0.05) is 0 Å². The third-order valence-corrected chi connectivity index (χ3v) is 4.69. The van der Waals surface area contributed by atoms with E-state index in [0.717, 1.165) is 21.6 Å². The van der Waals surface area contributed by atoms with Crippen LogP contribution in [-0.2, 0) is 11.2 Å². The highest BCUT2D eigenvalue weighted by Crippen LogP contribution is 2.36. The Hall–Kier alpha value is -3.21. The molecule has 1 heterocycles. The Morgan fingerprint density at radius 2 is 1.88 bits per heavy atom. The third kappa shape index (κ3) is 2.52. The number of allylic oxidation sites excluding steroid dienone is 1. The number of aryl methyl sites for hydroxylation is 1. The molecule has 2 aromatic carbocycles. The number of imide groups is 1. The summed E-state index contributed by atoms with van der Waals surface area (Å²) in [6, 6.07) is 8.47. The van der Waals surface area contributed by atoms with Gasteiger partial charge in [0.1, 0.15) is 0 Å². The molecule has 2 amide bonds. The lowest BCUT2D eigenvalue weighted by Gasteiger charge is -2.21. The zero-order valence-electron chi connectivity index (χ0n) is 15.0. The SMILES string of the molecule is C=CCc1ccc(C)c(C)c1N1C(=O)c2cccc(C(=O)OC)c2C1=O. The van der Waals surface area contributed by atoms with E-state index < -0.39 is 17.8 Å². The molecule has 1 aliphatic heterocycles. The molecule has 0 saturated carbocycles. The van der Waals surface area contributed by atoms with Gasteiger partial charge in [-0.15, -0.1) is 6.58 Å². The smallest absolute Gasteiger partial charge is 0.338 e. The van der Waals surface area contributed by atoms with Gasteiger partial charge in [0.05, 0.1) is 29.5 Å². The first-order chi connectivity index (χ1) is 12.4. The Labute approximate surface area is 151 Å². The normalized spacial score (nSPS) is 13.0. The van der Waals surface area contributed by atoms with E-state index in [1.165, 1.54) is 13.2 Å². The molecule has 0 N–H and O–H groups in total. The quantitative estimate of drug-likeness (QED) is 0.480. The van der Waals surface area contributed by atoms with E-state index in [9.17, 15) is 14.4 Å². The maximum atomic E-state index is 13.1. The van der Waals surface area contributed by atoms with Gasteiger partial charge in [-0.05, 0) is 49.1 Å². The van der Waals surface area contributed by atoms with Crippen molar-refractivity contribution in [2.45, 2.75) is 20.3 Å². The molecular weight excluding hydrogens is 330 g/mol. The average molecular weight is 349 g/mol. The van der Waals surface area contributed by atoms with Crippen LogP contribution in [-0.4, -0.2) is 24.9 Å². The minimum Gasteiger partial charge on any atom is -0.465 e. The van der Waals surface area contributed by atoms with Crippen LogP contribution in [0.15, 0.2) is 43.0 Å². The number of ether oxygens (including phenoxy) is 1. The van der Waals surface area contributed by atoms with Crippen molar-refractivity contribution in [3.05, 3.63) is 76.4 Å². The van der Waals surface area contributed by atoms with Crippen molar-refractivity contribution >= 4 is 23.5 Å². The lowest BCUT2D eigenvalue weighted by molar-refractivity contribution is 0.0597. The fraction of sp³-hybridized carbons (Fsp3) is 0.190. The Morgan fingerprint density at radius 3 is 2.54 bits per heavy atom. The van der Waals surface area contributed by atoms with Crippen LogP contribution in [0.5, 0.6) is 0 Å². The van der Waals surface area contributed by atoms with Crippen LogP contribution in [0.25, 0.3) is 0 Å². The molecule has 0 unspecified atom stereocenters. The van der Waals surface area contributed by atoms with E-state index in [-0.39, 0.29) is 16.7 Å². The number of methoxy groups -OCH3 is 1. The molecule has 2 aromatic rings. The number of rotatable bonds is 4. The van der Waals surface area contributed by atoms with E-state index in [1.807, 2.05) is 26.0 Å². The van der Waals surface area contributed by atoms with Gasteiger partial charge in [-0.3, -0.25) is 9.59 Å². The molecule has 0 atom stereocenters. The van der Waals surface area contributed by atoms with Crippen LogP contribution in [0.4, 0.5) is 5.69 Å². The lowest BCUT2D eigenvalue weighted by atomic mass is 9.99. The van der Waals surface area contributed by atoms with E-state index in [1.54, 1.807) is 18.2 Å². The fourth-order valence-corrected chi connectivity index (χ4v) is 3.26. The van der Waals surface area contributed by atoms with Gasteiger partial charge >= 0.3 is 5.97 Å². The molecule has 5 heteroatoms. The Kier molecular flexibility index (Phi) is 4.47. The van der Waals surface area contributed by atoms with E-state index in [0.29, 0.717) is 12.1 Å². The summed E-state index contributed by atoms with van der Waals surface area (Å²) in [7, 11) is 1.24. The maximum absolute atomic E-state index is 13.1. The molecule has 0 aromatic heterocycles. The predicted molar refractivity (Wildman–Crippen MR) is 98.7 cm³/mol. The second-order valence-electron chi connectivity index (χ2n) is 6.17. The summed E-state index contributed by atoms with van der Waals surface area (Å²) < 4.78 is 4.76. The summed E-state index contributed by atoms with van der Waals surface area (Å²) >= 11 is 0. The zero-order chi connectivity index (χ0) is 19.0. The first kappa shape index (κ1) is 17.6. The number of hydrogen-bond donors (Lipinski definition) is 0. The van der Waals surface area contributed by atoms with Gasteiger partial charge in [-0.2, -0.15) is 0 Å². The summed E-state index contributed by atoms with van der Waals surface area (Å²) in [5.41, 5.74) is 3.61. The molecule has 0 saturated heterocycles. The largest absolute Gasteiger partial charge is 0.465 e. The number of carbonyl (C=O) groups is 3. The van der Waals surface area contributed by atoms with Crippen molar-refractivity contribution in [2.75, 3.05) is 12.0 Å². The summed E-state index contributed by atoms with van der Waals surface area (Å²) in [4.78, 5) is 39.4. The number of esters is 1. The summed E-state index contributed by atoms with van der Waals surface area (Å²) in [6.07, 6.45) is 2.25. The fourth-order valence-electron chi connectivity index (χ4n) is 3.26. The topological polar surface area (TPSA) is 63.7 Å². The molecule has 0 aliphatic carbocycles. The van der Waals surface area contributed by atoms with Gasteiger partial charge in [-0.25, -0.2) is 9.69 Å². The van der Waals surface area contributed by atoms with Crippen LogP contribution in [0.3, 0.4) is 0 Å². The van der Waals surface area contributed by atoms with Crippen LogP contribution >= 0.6 is 0 Å². The summed E-state index contributed by atoms with van der Waals surface area (Å²) in [5.74, 6) is -1.59. The van der Waals surface area contributed by atoms with E-state index in [4.69, 9.17) is 4.74 Å². The highest BCUT2D eigenvalue weighted by Gasteiger charge is 2.41. The monoisotopic (exact) mass is 349 g/mol. The van der Waals surface area contributed by atoms with Crippen molar-refractivity contribution in [3.8, 4) is 0 Å². The summed E-state index contributed by atoms with van der Waals surface area (Å²) in [5, 5.41) is 0. The molecule has 0 spiro atoms. The number of nitrogens with zero attached hydrogens (tertiary/aromatic N) is 1. The number of benzene rings is 2. The van der Waals surface area contributed by atoms with Crippen LogP contribution in [0.1, 0.15) is 47.8 Å². The Bertz CT molecular complexity index is 959. The minimum absolute atomic E-state index is 0.0924. The molecule has 132 valence electrons. The van der Waals surface area contributed by atoms with E-state index in [2.05, 4.69) is 6.58 Å². The lowest BCUT2D eigenvalue weighted by Crippen LogP contribution is -2.31. The highest BCUT2D eigenvalue weighted by molar-refractivity contribution is 6.36. The van der Waals surface area contributed by atoms with Gasteiger partial charge in [-0.1, -0.05) is 24.3 Å². The van der Waals surface area contributed by atoms with Gasteiger partial charge in [0.25, 0.3) is 11.8 Å². The van der Waals surface area contributed by atoms with Gasteiger partial charge in [0.15, 0.2) is 0 Å². The van der Waals surface area contributed by atoms with Crippen LogP contribution in [0, 0.1) is 13.8 Å². The molecule has 0 radical (unpaired) electrons. The number of fused-ring (bicyclic) bond motifs is 1. The number of anilines is 1. The minimum atomic E-state index is -0.642. The predicted octanol–water partition coefficient (Wildman–Crippen LogP) is 3.62. The van der Waals surface area contributed by atoms with Crippen molar-refractivity contribution in [3.63, 3.8) is 0 Å². The number of carbonyl (C=O) groups excluding carboxylic acids is 3. The average Bonchev–Trinajstić information content (AvgIpc) is 2.89. The van der Waals surface area contributed by atoms with Crippen LogP contribution in [0.2, 0.25) is 0 Å². The first-order valence-corrected chi connectivity index (χ1v) is 8.22. The number of hydrogen-bond acceptors (Lipinski definition) is 4. The van der Waals surface area contributed by atoms with Gasteiger partial charge < -0.3 is 4.74 Å². The molecule has 0 fully saturated rings. The molecule has 0 bridgehead atoms. The van der Waals surface area contributed by atoms with E-state index >= 15 is 0 Å².